The van der Waals surface area contributed by atoms with Crippen LogP contribution in [-0.4, -0.2) is 49.8 Å². The lowest BCUT2D eigenvalue weighted by Crippen LogP contribution is -2.42. The fourth-order valence-electron chi connectivity index (χ4n) is 2.23. The molecule has 0 amide bonds. The molecule has 1 fully saturated rings. The molecule has 1 aliphatic heterocycles. The van der Waals surface area contributed by atoms with E-state index >= 15 is 0 Å². The molecule has 0 bridgehead atoms. The molecule has 2 atom stereocenters. The SMILES string of the molecule is CCOC(=O)COCCN1CC(C)CCC1C. The maximum atomic E-state index is 11.0. The highest BCUT2D eigenvalue weighted by Crippen LogP contribution is 2.20. The van der Waals surface area contributed by atoms with Crippen LogP contribution < -0.4 is 0 Å². The van der Waals surface area contributed by atoms with E-state index in [1.807, 2.05) is 0 Å². The largest absolute Gasteiger partial charge is 0.464 e. The van der Waals surface area contributed by atoms with Crippen LogP contribution in [0.4, 0.5) is 0 Å². The number of nitrogens with zero attached hydrogens (tertiary/aromatic N) is 1. The third-order valence-corrected chi connectivity index (χ3v) is 3.29. The quantitative estimate of drug-likeness (QED) is 0.525. The summed E-state index contributed by atoms with van der Waals surface area (Å²) >= 11 is 0. The van der Waals surface area contributed by atoms with Gasteiger partial charge in [0, 0.05) is 19.1 Å². The van der Waals surface area contributed by atoms with Crippen molar-refractivity contribution >= 4 is 5.97 Å². The molecule has 1 aliphatic rings. The second-order valence-corrected chi connectivity index (χ2v) is 4.88. The Morgan fingerprint density at radius 2 is 2.12 bits per heavy atom. The molecule has 100 valence electrons. The van der Waals surface area contributed by atoms with Gasteiger partial charge in [0.2, 0.25) is 0 Å². The minimum atomic E-state index is -0.271. The number of esters is 1. The summed E-state index contributed by atoms with van der Waals surface area (Å²) in [5.74, 6) is 0.504. The van der Waals surface area contributed by atoms with Crippen molar-refractivity contribution in [3.8, 4) is 0 Å². The Bertz CT molecular complexity index is 233. The maximum absolute atomic E-state index is 11.0. The Kier molecular flexibility index (Phi) is 6.52. The number of piperidine rings is 1. The molecule has 2 unspecified atom stereocenters. The van der Waals surface area contributed by atoms with Gasteiger partial charge in [0.15, 0.2) is 0 Å². The van der Waals surface area contributed by atoms with Crippen molar-refractivity contribution in [3.63, 3.8) is 0 Å². The average molecular weight is 243 g/mol. The third kappa shape index (κ3) is 5.50. The van der Waals surface area contributed by atoms with Gasteiger partial charge in [-0.1, -0.05) is 6.92 Å². The Morgan fingerprint density at radius 1 is 1.35 bits per heavy atom. The summed E-state index contributed by atoms with van der Waals surface area (Å²) in [6.07, 6.45) is 2.58. The molecule has 4 heteroatoms. The van der Waals surface area contributed by atoms with Gasteiger partial charge in [-0.3, -0.25) is 4.90 Å². The van der Waals surface area contributed by atoms with Gasteiger partial charge in [0.1, 0.15) is 6.61 Å². The summed E-state index contributed by atoms with van der Waals surface area (Å²) in [6.45, 7) is 9.50. The monoisotopic (exact) mass is 243 g/mol. The lowest BCUT2D eigenvalue weighted by Gasteiger charge is -2.36. The highest BCUT2D eigenvalue weighted by Gasteiger charge is 2.22. The van der Waals surface area contributed by atoms with Crippen LogP contribution >= 0.6 is 0 Å². The minimum Gasteiger partial charge on any atom is -0.464 e. The van der Waals surface area contributed by atoms with Crippen LogP contribution in [0.5, 0.6) is 0 Å². The number of ether oxygens (including phenoxy) is 2. The van der Waals surface area contributed by atoms with Crippen LogP contribution in [0.3, 0.4) is 0 Å². The number of rotatable bonds is 6. The van der Waals surface area contributed by atoms with Crippen LogP contribution in [0.2, 0.25) is 0 Å². The third-order valence-electron chi connectivity index (χ3n) is 3.29. The molecule has 17 heavy (non-hydrogen) atoms. The molecular weight excluding hydrogens is 218 g/mol. The van der Waals surface area contributed by atoms with Gasteiger partial charge in [-0.25, -0.2) is 4.79 Å². The van der Waals surface area contributed by atoms with E-state index in [4.69, 9.17) is 9.47 Å². The molecule has 1 saturated heterocycles. The number of hydrogen-bond donors (Lipinski definition) is 0. The van der Waals surface area contributed by atoms with E-state index in [9.17, 15) is 4.79 Å². The van der Waals surface area contributed by atoms with E-state index in [1.54, 1.807) is 6.92 Å². The molecule has 0 N–H and O–H groups in total. The number of hydrogen-bond acceptors (Lipinski definition) is 4. The van der Waals surface area contributed by atoms with Crippen LogP contribution in [-0.2, 0) is 14.3 Å². The van der Waals surface area contributed by atoms with Gasteiger partial charge in [-0.05, 0) is 32.6 Å². The fraction of sp³-hybridized carbons (Fsp3) is 0.923. The highest BCUT2D eigenvalue weighted by atomic mass is 16.6. The maximum Gasteiger partial charge on any atom is 0.332 e. The van der Waals surface area contributed by atoms with Gasteiger partial charge in [-0.2, -0.15) is 0 Å². The number of carbonyl (C=O) groups excluding carboxylic acids is 1. The van der Waals surface area contributed by atoms with Crippen molar-refractivity contribution in [2.24, 2.45) is 5.92 Å². The number of carbonyl (C=O) groups is 1. The van der Waals surface area contributed by atoms with Crippen molar-refractivity contribution in [1.82, 2.24) is 4.90 Å². The molecule has 0 aromatic carbocycles. The normalized spacial score (nSPS) is 25.8. The zero-order valence-electron chi connectivity index (χ0n) is 11.3. The molecule has 0 aliphatic carbocycles. The smallest absolute Gasteiger partial charge is 0.332 e. The minimum absolute atomic E-state index is 0.0750. The lowest BCUT2D eigenvalue weighted by molar-refractivity contribution is -0.148. The molecule has 0 saturated carbocycles. The zero-order chi connectivity index (χ0) is 12.7. The predicted octanol–water partition coefficient (Wildman–Crippen LogP) is 1.69. The molecule has 1 heterocycles. The Labute approximate surface area is 104 Å². The lowest BCUT2D eigenvalue weighted by atomic mass is 9.95. The van der Waals surface area contributed by atoms with Crippen LogP contribution in [0.15, 0.2) is 0 Å². The molecular formula is C13H25NO3. The summed E-state index contributed by atoms with van der Waals surface area (Å²) in [4.78, 5) is 13.5. The van der Waals surface area contributed by atoms with Crippen molar-refractivity contribution in [2.45, 2.75) is 39.7 Å². The summed E-state index contributed by atoms with van der Waals surface area (Å²) in [6, 6.07) is 0.636. The molecule has 4 nitrogen and oxygen atoms in total. The first-order chi connectivity index (χ1) is 8.13. The van der Waals surface area contributed by atoms with Crippen molar-refractivity contribution < 1.29 is 14.3 Å². The summed E-state index contributed by atoms with van der Waals surface area (Å²) in [5.41, 5.74) is 0. The topological polar surface area (TPSA) is 38.8 Å². The Hall–Kier alpha value is -0.610. The average Bonchev–Trinajstić information content (AvgIpc) is 2.29. The van der Waals surface area contributed by atoms with E-state index in [-0.39, 0.29) is 12.6 Å². The summed E-state index contributed by atoms with van der Waals surface area (Å²) in [7, 11) is 0. The standard InChI is InChI=1S/C13H25NO3/c1-4-17-13(15)10-16-8-7-14-9-11(2)5-6-12(14)3/h11-12H,4-10H2,1-3H3. The molecule has 0 aromatic rings. The van der Waals surface area contributed by atoms with Crippen LogP contribution in [0.1, 0.15) is 33.6 Å². The van der Waals surface area contributed by atoms with Gasteiger partial charge >= 0.3 is 5.97 Å². The van der Waals surface area contributed by atoms with E-state index in [0.29, 0.717) is 19.3 Å². The highest BCUT2D eigenvalue weighted by molar-refractivity contribution is 5.70. The summed E-state index contributed by atoms with van der Waals surface area (Å²) < 4.78 is 10.1. The van der Waals surface area contributed by atoms with Crippen molar-refractivity contribution in [2.75, 3.05) is 32.9 Å². The fourth-order valence-corrected chi connectivity index (χ4v) is 2.23. The van der Waals surface area contributed by atoms with Gasteiger partial charge in [0.05, 0.1) is 13.2 Å². The zero-order valence-corrected chi connectivity index (χ0v) is 11.3. The predicted molar refractivity (Wildman–Crippen MR) is 66.9 cm³/mol. The van der Waals surface area contributed by atoms with Crippen molar-refractivity contribution in [1.29, 1.82) is 0 Å². The molecule has 1 rings (SSSR count). The second kappa shape index (κ2) is 7.67. The van der Waals surface area contributed by atoms with E-state index in [0.717, 1.165) is 19.0 Å². The first kappa shape index (κ1) is 14.5. The first-order valence-electron chi connectivity index (χ1n) is 6.61. The Morgan fingerprint density at radius 3 is 2.82 bits per heavy atom. The van der Waals surface area contributed by atoms with E-state index < -0.39 is 0 Å². The van der Waals surface area contributed by atoms with Gasteiger partial charge in [0.25, 0.3) is 0 Å². The van der Waals surface area contributed by atoms with Gasteiger partial charge in [-0.15, -0.1) is 0 Å². The number of likely N-dealkylation sites (tertiary alicyclic amines) is 1. The van der Waals surface area contributed by atoms with E-state index in [2.05, 4.69) is 18.7 Å². The Balaban J connectivity index is 2.11. The summed E-state index contributed by atoms with van der Waals surface area (Å²) in [5, 5.41) is 0. The molecule has 0 radical (unpaired) electrons. The van der Waals surface area contributed by atoms with Gasteiger partial charge < -0.3 is 9.47 Å². The molecule has 0 aromatic heterocycles. The van der Waals surface area contributed by atoms with E-state index in [1.165, 1.54) is 12.8 Å². The van der Waals surface area contributed by atoms with Crippen LogP contribution in [0.25, 0.3) is 0 Å². The molecule has 0 spiro atoms. The van der Waals surface area contributed by atoms with Crippen molar-refractivity contribution in [3.05, 3.63) is 0 Å². The first-order valence-corrected chi connectivity index (χ1v) is 6.61. The second-order valence-electron chi connectivity index (χ2n) is 4.88. The van der Waals surface area contributed by atoms with Crippen LogP contribution in [0, 0.1) is 5.92 Å².